The SMILES string of the molecule is NNc1ncccc1S(=O)(=O)N1CCC(CO)C1. The van der Waals surface area contributed by atoms with Crippen LogP contribution < -0.4 is 11.3 Å². The van der Waals surface area contributed by atoms with Crippen molar-refractivity contribution in [2.75, 3.05) is 25.1 Å². The normalized spacial score (nSPS) is 21.1. The molecule has 0 saturated carbocycles. The highest BCUT2D eigenvalue weighted by atomic mass is 32.2. The first kappa shape index (κ1) is 13.2. The van der Waals surface area contributed by atoms with Gasteiger partial charge in [-0.3, -0.25) is 0 Å². The number of hydrogen-bond acceptors (Lipinski definition) is 6. The number of anilines is 1. The maximum Gasteiger partial charge on any atom is 0.246 e. The van der Waals surface area contributed by atoms with E-state index in [9.17, 15) is 8.42 Å². The van der Waals surface area contributed by atoms with E-state index in [1.165, 1.54) is 16.6 Å². The summed E-state index contributed by atoms with van der Waals surface area (Å²) in [6.45, 7) is 0.741. The predicted octanol–water partition coefficient (Wildman–Crippen LogP) is -0.630. The maximum absolute atomic E-state index is 12.4. The second-order valence-corrected chi connectivity index (χ2v) is 6.10. The fourth-order valence-electron chi connectivity index (χ4n) is 2.01. The molecular formula is C10H16N4O3S. The van der Waals surface area contributed by atoms with Gasteiger partial charge in [0.25, 0.3) is 0 Å². The standard InChI is InChI=1S/C10H16N4O3S/c11-13-10-9(2-1-4-12-10)18(16,17)14-5-3-8(6-14)7-15/h1-2,4,8,15H,3,5-7,11H2,(H,12,13). The van der Waals surface area contributed by atoms with Crippen LogP contribution in [0.15, 0.2) is 23.2 Å². The highest BCUT2D eigenvalue weighted by Gasteiger charge is 2.33. The Hall–Kier alpha value is -1.22. The third kappa shape index (κ3) is 2.32. The lowest BCUT2D eigenvalue weighted by atomic mass is 10.1. The predicted molar refractivity (Wildman–Crippen MR) is 66.0 cm³/mol. The summed E-state index contributed by atoms with van der Waals surface area (Å²) in [5.74, 6) is 5.40. The first-order chi connectivity index (χ1) is 8.59. The van der Waals surface area contributed by atoms with E-state index in [0.29, 0.717) is 19.5 Å². The van der Waals surface area contributed by atoms with Gasteiger partial charge in [0.15, 0.2) is 5.82 Å². The van der Waals surface area contributed by atoms with Gasteiger partial charge in [0, 0.05) is 25.9 Å². The Labute approximate surface area is 106 Å². The van der Waals surface area contributed by atoms with Crippen molar-refractivity contribution >= 4 is 15.8 Å². The molecule has 0 spiro atoms. The summed E-state index contributed by atoms with van der Waals surface area (Å²) in [5, 5.41) is 9.05. The number of nitrogen functional groups attached to an aromatic ring is 1. The highest BCUT2D eigenvalue weighted by molar-refractivity contribution is 7.89. The number of hydrazine groups is 1. The van der Waals surface area contributed by atoms with Gasteiger partial charge in [0.2, 0.25) is 10.0 Å². The molecule has 8 heteroatoms. The van der Waals surface area contributed by atoms with Crippen molar-refractivity contribution < 1.29 is 13.5 Å². The third-order valence-electron chi connectivity index (χ3n) is 3.03. The minimum absolute atomic E-state index is 0.00105. The lowest BCUT2D eigenvalue weighted by Crippen LogP contribution is -2.30. The van der Waals surface area contributed by atoms with E-state index in [1.807, 2.05) is 0 Å². The molecule has 18 heavy (non-hydrogen) atoms. The Morgan fingerprint density at radius 1 is 1.61 bits per heavy atom. The van der Waals surface area contributed by atoms with Gasteiger partial charge in [-0.05, 0) is 24.5 Å². The quantitative estimate of drug-likeness (QED) is 0.497. The summed E-state index contributed by atoms with van der Waals surface area (Å²) < 4.78 is 26.1. The fourth-order valence-corrected chi connectivity index (χ4v) is 3.65. The molecule has 0 bridgehead atoms. The lowest BCUT2D eigenvalue weighted by molar-refractivity contribution is 0.233. The third-order valence-corrected chi connectivity index (χ3v) is 4.93. The number of aliphatic hydroxyl groups excluding tert-OH is 1. The molecule has 1 fully saturated rings. The zero-order chi connectivity index (χ0) is 13.2. The number of nitrogens with one attached hydrogen (secondary N) is 1. The first-order valence-corrected chi connectivity index (χ1v) is 7.06. The van der Waals surface area contributed by atoms with E-state index >= 15 is 0 Å². The second-order valence-electron chi connectivity index (χ2n) is 4.19. The Bertz CT molecular complexity index is 520. The van der Waals surface area contributed by atoms with Gasteiger partial charge in [0.05, 0.1) is 0 Å². The Kier molecular flexibility index (Phi) is 3.81. The van der Waals surface area contributed by atoms with Crippen LogP contribution in [0.25, 0.3) is 0 Å². The van der Waals surface area contributed by atoms with Gasteiger partial charge in [-0.2, -0.15) is 4.31 Å². The van der Waals surface area contributed by atoms with Crippen LogP contribution in [0.2, 0.25) is 0 Å². The molecule has 4 N–H and O–H groups in total. The first-order valence-electron chi connectivity index (χ1n) is 5.62. The number of pyridine rings is 1. The molecule has 1 unspecified atom stereocenters. The molecule has 1 aromatic rings. The Morgan fingerprint density at radius 3 is 3.00 bits per heavy atom. The number of aromatic nitrogens is 1. The number of hydrogen-bond donors (Lipinski definition) is 3. The molecule has 1 saturated heterocycles. The summed E-state index contributed by atoms with van der Waals surface area (Å²) in [7, 11) is -3.61. The smallest absolute Gasteiger partial charge is 0.246 e. The molecule has 2 heterocycles. The highest BCUT2D eigenvalue weighted by Crippen LogP contribution is 2.26. The molecule has 2 rings (SSSR count). The van der Waals surface area contributed by atoms with E-state index in [-0.39, 0.29) is 23.2 Å². The molecule has 100 valence electrons. The van der Waals surface area contributed by atoms with Crippen molar-refractivity contribution in [1.29, 1.82) is 0 Å². The molecule has 0 amide bonds. The van der Waals surface area contributed by atoms with E-state index in [4.69, 9.17) is 10.9 Å². The summed E-state index contributed by atoms with van der Waals surface area (Å²) in [4.78, 5) is 3.94. The van der Waals surface area contributed by atoms with Crippen molar-refractivity contribution in [3.05, 3.63) is 18.3 Å². The van der Waals surface area contributed by atoms with Gasteiger partial charge < -0.3 is 10.5 Å². The molecular weight excluding hydrogens is 256 g/mol. The van der Waals surface area contributed by atoms with E-state index in [2.05, 4.69) is 10.4 Å². The summed E-state index contributed by atoms with van der Waals surface area (Å²) in [5.41, 5.74) is 2.28. The second kappa shape index (κ2) is 5.19. The van der Waals surface area contributed by atoms with Crippen molar-refractivity contribution in [1.82, 2.24) is 9.29 Å². The van der Waals surface area contributed by atoms with E-state index < -0.39 is 10.0 Å². The average molecular weight is 272 g/mol. The zero-order valence-electron chi connectivity index (χ0n) is 9.78. The van der Waals surface area contributed by atoms with Gasteiger partial charge in [-0.25, -0.2) is 19.2 Å². The zero-order valence-corrected chi connectivity index (χ0v) is 10.6. The topological polar surface area (TPSA) is 109 Å². The van der Waals surface area contributed by atoms with Gasteiger partial charge in [-0.15, -0.1) is 0 Å². The fraction of sp³-hybridized carbons (Fsp3) is 0.500. The number of nitrogens with two attached hydrogens (primary N) is 1. The van der Waals surface area contributed by atoms with Crippen LogP contribution in [-0.2, 0) is 10.0 Å². The Balaban J connectivity index is 2.31. The summed E-state index contributed by atoms with van der Waals surface area (Å²) in [6, 6.07) is 3.01. The number of rotatable bonds is 4. The number of nitrogens with zero attached hydrogens (tertiary/aromatic N) is 2. The lowest BCUT2D eigenvalue weighted by Gasteiger charge is -2.17. The molecule has 0 aliphatic carbocycles. The number of sulfonamides is 1. The van der Waals surface area contributed by atoms with Crippen LogP contribution in [0, 0.1) is 5.92 Å². The van der Waals surface area contributed by atoms with Crippen molar-refractivity contribution in [3.63, 3.8) is 0 Å². The van der Waals surface area contributed by atoms with E-state index in [0.717, 1.165) is 0 Å². The van der Waals surface area contributed by atoms with Crippen LogP contribution in [0.3, 0.4) is 0 Å². The van der Waals surface area contributed by atoms with Gasteiger partial charge in [-0.1, -0.05) is 0 Å². The van der Waals surface area contributed by atoms with Crippen LogP contribution in [0.4, 0.5) is 5.82 Å². The van der Waals surface area contributed by atoms with Crippen LogP contribution >= 0.6 is 0 Å². The molecule has 1 aromatic heterocycles. The van der Waals surface area contributed by atoms with Crippen molar-refractivity contribution in [3.8, 4) is 0 Å². The maximum atomic E-state index is 12.4. The van der Waals surface area contributed by atoms with E-state index in [1.54, 1.807) is 6.07 Å². The molecule has 7 nitrogen and oxygen atoms in total. The van der Waals surface area contributed by atoms with Crippen molar-refractivity contribution in [2.45, 2.75) is 11.3 Å². The molecule has 1 aliphatic rings. The molecule has 1 atom stereocenters. The molecule has 0 aromatic carbocycles. The molecule has 0 radical (unpaired) electrons. The largest absolute Gasteiger partial charge is 0.396 e. The number of aliphatic hydroxyl groups is 1. The molecule has 1 aliphatic heterocycles. The Morgan fingerprint density at radius 2 is 2.39 bits per heavy atom. The van der Waals surface area contributed by atoms with Crippen molar-refractivity contribution in [2.24, 2.45) is 11.8 Å². The van der Waals surface area contributed by atoms with Crippen LogP contribution in [0.1, 0.15) is 6.42 Å². The average Bonchev–Trinajstić information content (AvgIpc) is 2.88. The minimum atomic E-state index is -3.61. The monoisotopic (exact) mass is 272 g/mol. The minimum Gasteiger partial charge on any atom is -0.396 e. The summed E-state index contributed by atoms with van der Waals surface area (Å²) in [6.07, 6.45) is 2.14. The van der Waals surface area contributed by atoms with Gasteiger partial charge in [0.1, 0.15) is 4.90 Å². The van der Waals surface area contributed by atoms with Crippen LogP contribution in [0.5, 0.6) is 0 Å². The van der Waals surface area contributed by atoms with Gasteiger partial charge >= 0.3 is 0 Å². The van der Waals surface area contributed by atoms with Crippen LogP contribution in [-0.4, -0.2) is 42.5 Å². The summed E-state index contributed by atoms with van der Waals surface area (Å²) >= 11 is 0.